The van der Waals surface area contributed by atoms with Crippen molar-refractivity contribution in [1.82, 2.24) is 10.2 Å². The van der Waals surface area contributed by atoms with E-state index in [-0.39, 0.29) is 30.2 Å². The molecule has 122 valence electrons. The minimum Gasteiger partial charge on any atom is -0.337 e. The summed E-state index contributed by atoms with van der Waals surface area (Å²) in [5, 5.41) is 12.2. The molecule has 4 nitrogen and oxygen atoms in total. The summed E-state index contributed by atoms with van der Waals surface area (Å²) in [6, 6.07) is 7.18. The molecule has 5 heteroatoms. The van der Waals surface area contributed by atoms with E-state index in [0.717, 1.165) is 36.9 Å². The van der Waals surface area contributed by atoms with Gasteiger partial charge in [0.25, 0.3) is 0 Å². The van der Waals surface area contributed by atoms with E-state index in [1.807, 2.05) is 13.0 Å². The number of rotatable bonds is 4. The van der Waals surface area contributed by atoms with E-state index in [9.17, 15) is 14.4 Å². The van der Waals surface area contributed by atoms with Gasteiger partial charge in [-0.15, -0.1) is 0 Å². The maximum absolute atomic E-state index is 13.3. The van der Waals surface area contributed by atoms with Crippen LogP contribution in [0.25, 0.3) is 0 Å². The molecule has 23 heavy (non-hydrogen) atoms. The molecule has 1 heterocycles. The van der Waals surface area contributed by atoms with Crippen LogP contribution in [0.15, 0.2) is 18.2 Å². The highest BCUT2D eigenvalue weighted by atomic mass is 19.1. The molecule has 1 aliphatic carbocycles. The van der Waals surface area contributed by atoms with E-state index in [0.29, 0.717) is 0 Å². The number of nitrogens with zero attached hydrogens (tertiary/aromatic N) is 2. The summed E-state index contributed by atoms with van der Waals surface area (Å²) in [5.74, 6) is -0.0475. The van der Waals surface area contributed by atoms with Crippen molar-refractivity contribution in [2.45, 2.75) is 44.7 Å². The van der Waals surface area contributed by atoms with Crippen molar-refractivity contribution >= 4 is 5.91 Å². The van der Waals surface area contributed by atoms with Crippen molar-refractivity contribution in [3.63, 3.8) is 0 Å². The summed E-state index contributed by atoms with van der Waals surface area (Å²) in [6.45, 7) is 4.83. The van der Waals surface area contributed by atoms with Crippen molar-refractivity contribution in [1.29, 1.82) is 5.26 Å². The Morgan fingerprint density at radius 2 is 2.26 bits per heavy atom. The lowest BCUT2D eigenvalue weighted by atomic mass is 9.93. The van der Waals surface area contributed by atoms with Crippen LogP contribution < -0.4 is 5.32 Å². The SMILES string of the molecule is C[C@@H]1c2ccc(F)cc2CCN1CC(=O)N[C@@](C)(C#N)C1CC1. The first-order chi connectivity index (χ1) is 10.9. The normalized spacial score (nSPS) is 23.5. The van der Waals surface area contributed by atoms with E-state index in [1.54, 1.807) is 13.0 Å². The Balaban J connectivity index is 1.66. The van der Waals surface area contributed by atoms with E-state index >= 15 is 0 Å². The van der Waals surface area contributed by atoms with Crippen LogP contribution in [0, 0.1) is 23.1 Å². The maximum Gasteiger partial charge on any atom is 0.235 e. The van der Waals surface area contributed by atoms with Gasteiger partial charge in [-0.3, -0.25) is 9.69 Å². The van der Waals surface area contributed by atoms with Crippen molar-refractivity contribution in [3.05, 3.63) is 35.1 Å². The van der Waals surface area contributed by atoms with Gasteiger partial charge in [0.15, 0.2) is 0 Å². The van der Waals surface area contributed by atoms with Crippen LogP contribution in [-0.2, 0) is 11.2 Å². The summed E-state index contributed by atoms with van der Waals surface area (Å²) >= 11 is 0. The zero-order valence-electron chi connectivity index (χ0n) is 13.6. The first kappa shape index (κ1) is 15.9. The molecule has 0 aromatic heterocycles. The number of halogens is 1. The van der Waals surface area contributed by atoms with Gasteiger partial charge in [0, 0.05) is 12.6 Å². The Morgan fingerprint density at radius 1 is 1.52 bits per heavy atom. The average molecular weight is 315 g/mol. The van der Waals surface area contributed by atoms with Crippen LogP contribution in [0.3, 0.4) is 0 Å². The lowest BCUT2D eigenvalue weighted by Gasteiger charge is -2.35. The smallest absolute Gasteiger partial charge is 0.235 e. The number of amides is 1. The van der Waals surface area contributed by atoms with Gasteiger partial charge in [-0.1, -0.05) is 6.07 Å². The van der Waals surface area contributed by atoms with Gasteiger partial charge in [-0.25, -0.2) is 4.39 Å². The number of nitrogens with one attached hydrogen (secondary N) is 1. The van der Waals surface area contributed by atoms with E-state index in [1.165, 1.54) is 6.07 Å². The van der Waals surface area contributed by atoms with Crippen LogP contribution in [0.5, 0.6) is 0 Å². The molecule has 0 radical (unpaired) electrons. The molecule has 2 aliphatic rings. The Bertz CT molecular complexity index is 665. The zero-order chi connectivity index (χ0) is 16.6. The molecular weight excluding hydrogens is 293 g/mol. The number of hydrogen-bond donors (Lipinski definition) is 1. The van der Waals surface area contributed by atoms with Gasteiger partial charge in [-0.2, -0.15) is 5.26 Å². The quantitative estimate of drug-likeness (QED) is 0.929. The summed E-state index contributed by atoms with van der Waals surface area (Å²) in [7, 11) is 0. The predicted octanol–water partition coefficient (Wildman–Crippen LogP) is 2.55. The van der Waals surface area contributed by atoms with Gasteiger partial charge in [0.1, 0.15) is 11.4 Å². The summed E-state index contributed by atoms with van der Waals surface area (Å²) in [5.41, 5.74) is 1.35. The molecule has 1 fully saturated rings. The Kier molecular flexibility index (Phi) is 4.11. The highest BCUT2D eigenvalue weighted by molar-refractivity contribution is 5.79. The maximum atomic E-state index is 13.3. The molecule has 1 aromatic rings. The third-order valence-corrected chi connectivity index (χ3v) is 5.14. The second-order valence-corrected chi connectivity index (χ2v) is 6.88. The van der Waals surface area contributed by atoms with Gasteiger partial charge < -0.3 is 5.32 Å². The summed E-state index contributed by atoms with van der Waals surface area (Å²) < 4.78 is 13.3. The van der Waals surface area contributed by atoms with Gasteiger partial charge in [0.2, 0.25) is 5.91 Å². The molecule has 2 atom stereocenters. The largest absolute Gasteiger partial charge is 0.337 e. The first-order valence-corrected chi connectivity index (χ1v) is 8.17. The molecule has 0 spiro atoms. The van der Waals surface area contributed by atoms with E-state index in [4.69, 9.17) is 0 Å². The van der Waals surface area contributed by atoms with Gasteiger partial charge in [-0.05, 0) is 62.3 Å². The first-order valence-electron chi connectivity index (χ1n) is 8.17. The molecule has 1 aliphatic heterocycles. The molecule has 0 saturated heterocycles. The number of hydrogen-bond acceptors (Lipinski definition) is 3. The van der Waals surface area contributed by atoms with Crippen LogP contribution in [-0.4, -0.2) is 29.4 Å². The lowest BCUT2D eigenvalue weighted by molar-refractivity contribution is -0.124. The van der Waals surface area contributed by atoms with Crippen LogP contribution in [0.2, 0.25) is 0 Å². The number of nitriles is 1. The molecule has 1 N–H and O–H groups in total. The molecular formula is C18H22FN3O. The predicted molar refractivity (Wildman–Crippen MR) is 85.0 cm³/mol. The molecule has 0 bridgehead atoms. The Hall–Kier alpha value is -1.93. The van der Waals surface area contributed by atoms with E-state index < -0.39 is 5.54 Å². The van der Waals surface area contributed by atoms with Crippen LogP contribution in [0.1, 0.15) is 43.9 Å². The third-order valence-electron chi connectivity index (χ3n) is 5.14. The van der Waals surface area contributed by atoms with Crippen LogP contribution in [0.4, 0.5) is 4.39 Å². The third kappa shape index (κ3) is 3.23. The average Bonchev–Trinajstić information content (AvgIpc) is 3.35. The Labute approximate surface area is 136 Å². The molecule has 3 rings (SSSR count). The minimum absolute atomic E-state index is 0.0689. The molecule has 1 aromatic carbocycles. The highest BCUT2D eigenvalue weighted by Gasteiger charge is 2.43. The second-order valence-electron chi connectivity index (χ2n) is 6.88. The fourth-order valence-electron chi connectivity index (χ4n) is 3.46. The van der Waals surface area contributed by atoms with E-state index in [2.05, 4.69) is 16.3 Å². The highest BCUT2D eigenvalue weighted by Crippen LogP contribution is 2.39. The van der Waals surface area contributed by atoms with Crippen molar-refractivity contribution in [3.8, 4) is 6.07 Å². The molecule has 0 unspecified atom stereocenters. The van der Waals surface area contributed by atoms with Crippen molar-refractivity contribution in [2.75, 3.05) is 13.1 Å². The molecule has 1 saturated carbocycles. The van der Waals surface area contributed by atoms with Crippen LogP contribution >= 0.6 is 0 Å². The number of carbonyl (C=O) groups excluding carboxylic acids is 1. The number of fused-ring (bicyclic) bond motifs is 1. The number of carbonyl (C=O) groups is 1. The van der Waals surface area contributed by atoms with Gasteiger partial charge in [0.05, 0.1) is 12.6 Å². The summed E-state index contributed by atoms with van der Waals surface area (Å²) in [6.07, 6.45) is 2.75. The summed E-state index contributed by atoms with van der Waals surface area (Å²) in [4.78, 5) is 14.4. The zero-order valence-corrected chi connectivity index (χ0v) is 13.6. The number of benzene rings is 1. The van der Waals surface area contributed by atoms with Crippen molar-refractivity contribution in [2.24, 2.45) is 5.92 Å². The Morgan fingerprint density at radius 3 is 2.91 bits per heavy atom. The monoisotopic (exact) mass is 315 g/mol. The second kappa shape index (κ2) is 5.93. The van der Waals surface area contributed by atoms with Gasteiger partial charge >= 0.3 is 0 Å². The topological polar surface area (TPSA) is 56.1 Å². The fraction of sp³-hybridized carbons (Fsp3) is 0.556. The standard InChI is InChI=1S/C18H22FN3O/c1-12-16-6-5-15(19)9-13(16)7-8-22(12)10-17(23)21-18(2,11-20)14-3-4-14/h5-6,9,12,14H,3-4,7-8,10H2,1-2H3,(H,21,23)/t12-,18+/m1/s1. The van der Waals surface area contributed by atoms with Crippen molar-refractivity contribution < 1.29 is 9.18 Å². The minimum atomic E-state index is -0.753. The molecule has 1 amide bonds. The fourth-order valence-corrected chi connectivity index (χ4v) is 3.46. The lowest BCUT2D eigenvalue weighted by Crippen LogP contribution is -2.51.